The maximum absolute atomic E-state index is 14.5. The Balaban J connectivity index is 0.753. The number of benzene rings is 3. The lowest BCUT2D eigenvalue weighted by atomic mass is 9.44. The molecule has 13 unspecified atom stereocenters. The molecule has 3 saturated heterocycles. The number of fused-ring (bicyclic) bond motifs is 5. The second-order valence-electron chi connectivity index (χ2n) is 27.8. The van der Waals surface area contributed by atoms with Crippen LogP contribution in [0.5, 0.6) is 0 Å². The van der Waals surface area contributed by atoms with Crippen LogP contribution in [-0.4, -0.2) is 116 Å². The van der Waals surface area contributed by atoms with E-state index in [1.165, 1.54) is 0 Å². The van der Waals surface area contributed by atoms with E-state index in [2.05, 4.69) is 41.5 Å². The first kappa shape index (κ1) is 64.1. The third-order valence-electron chi connectivity index (χ3n) is 22.6. The minimum atomic E-state index is -1.06. The molecule has 0 aromatic heterocycles. The Bertz CT molecular complexity index is 2780. The summed E-state index contributed by atoms with van der Waals surface area (Å²) in [5.74, 6) is -0.612. The number of carbonyl (C=O) groups is 5. The maximum atomic E-state index is 14.5. The zero-order valence-corrected chi connectivity index (χ0v) is 52.4. The van der Waals surface area contributed by atoms with E-state index in [1.807, 2.05) is 45.9 Å². The number of hydrogen-bond acceptors (Lipinski definition) is 15. The standard InChI is InChI=1S/C71H96O15/c1-11-57-43(5)42(4)44(6)67(82-57)86-62-46(8)60(74)58(39-78-64(75)47-21-15-12-16-22-47)83-69(62)81-51-31-33-70(9)50(35-51)28-29-52-53(70)32-34-71(10)54(52)36-56(73)59(71)45(7)55(72)30-27-40(2)37-79-68-63(85-66(77)49-25-19-14-20-26-49)61(41(3)38-80-68)84-65(76)48-23-17-13-18-24-48/h12-26,40-46,50-54,57-63,67-69,74H,11,27-39H2,1-10H3/t40-,41+,42-,43-,44?,45+,46-,50?,51?,52?,53?,54?,57?,58?,59?,60+,61-,62?,63?,67-,68+,69+,70?,71?/m0/s1. The van der Waals surface area contributed by atoms with E-state index in [0.29, 0.717) is 65.5 Å². The van der Waals surface area contributed by atoms with Crippen LogP contribution in [0.1, 0.15) is 171 Å². The third kappa shape index (κ3) is 13.4. The predicted molar refractivity (Wildman–Crippen MR) is 321 cm³/mol. The molecule has 4 saturated carbocycles. The lowest BCUT2D eigenvalue weighted by Gasteiger charge is -2.61. The monoisotopic (exact) mass is 1190 g/mol. The van der Waals surface area contributed by atoms with E-state index in [4.69, 9.17) is 42.6 Å². The Labute approximate surface area is 509 Å². The Kier molecular flexibility index (Phi) is 20.5. The van der Waals surface area contributed by atoms with Crippen LogP contribution in [-0.2, 0) is 52.2 Å². The fourth-order valence-electron chi connectivity index (χ4n) is 16.9. The molecule has 470 valence electrons. The van der Waals surface area contributed by atoms with E-state index in [1.54, 1.807) is 72.8 Å². The van der Waals surface area contributed by atoms with Gasteiger partial charge in [-0.25, -0.2) is 14.4 Å². The summed E-state index contributed by atoms with van der Waals surface area (Å²) in [5, 5.41) is 11.8. The highest BCUT2D eigenvalue weighted by atomic mass is 16.7. The lowest BCUT2D eigenvalue weighted by molar-refractivity contribution is -0.353. The van der Waals surface area contributed by atoms with Gasteiger partial charge < -0.3 is 47.7 Å². The van der Waals surface area contributed by atoms with Gasteiger partial charge >= 0.3 is 17.9 Å². The Hall–Kier alpha value is -4.87. The topological polar surface area (TPSA) is 189 Å². The quantitative estimate of drug-likeness (QED) is 0.0638. The van der Waals surface area contributed by atoms with Gasteiger partial charge in [0.1, 0.15) is 36.5 Å². The summed E-state index contributed by atoms with van der Waals surface area (Å²) in [7, 11) is 0. The molecular formula is C71H96O15. The largest absolute Gasteiger partial charge is 0.459 e. The van der Waals surface area contributed by atoms with Crippen molar-refractivity contribution in [1.82, 2.24) is 0 Å². The van der Waals surface area contributed by atoms with Crippen molar-refractivity contribution < 1.29 is 71.7 Å². The van der Waals surface area contributed by atoms with Gasteiger partial charge in [0.05, 0.1) is 48.2 Å². The van der Waals surface area contributed by atoms with Gasteiger partial charge in [-0.1, -0.05) is 124 Å². The molecule has 0 amide bonds. The van der Waals surface area contributed by atoms with Crippen LogP contribution in [0.2, 0.25) is 0 Å². The summed E-state index contributed by atoms with van der Waals surface area (Å²) in [5.41, 5.74) is 0.922. The molecule has 0 bridgehead atoms. The zero-order valence-electron chi connectivity index (χ0n) is 52.4. The van der Waals surface area contributed by atoms with Crippen LogP contribution in [0.3, 0.4) is 0 Å². The molecule has 1 N–H and O–H groups in total. The molecule has 0 spiro atoms. The van der Waals surface area contributed by atoms with Crippen molar-refractivity contribution in [3.05, 3.63) is 108 Å². The van der Waals surface area contributed by atoms with Crippen molar-refractivity contribution in [2.75, 3.05) is 19.8 Å². The van der Waals surface area contributed by atoms with Crippen molar-refractivity contribution in [2.24, 2.45) is 81.8 Å². The van der Waals surface area contributed by atoms with Crippen LogP contribution in [0, 0.1) is 81.8 Å². The number of Topliss-reactive ketones (excluding diaryl/α,β-unsaturated/α-hetero) is 2. The molecule has 7 aliphatic rings. The van der Waals surface area contributed by atoms with Crippen LogP contribution in [0.4, 0.5) is 0 Å². The van der Waals surface area contributed by atoms with Gasteiger partial charge in [-0.15, -0.1) is 0 Å². The number of esters is 3. The van der Waals surface area contributed by atoms with Crippen molar-refractivity contribution in [3.8, 4) is 0 Å². The number of aliphatic hydroxyl groups is 1. The molecule has 15 nitrogen and oxygen atoms in total. The van der Waals surface area contributed by atoms with E-state index in [0.717, 1.165) is 51.4 Å². The summed E-state index contributed by atoms with van der Waals surface area (Å²) in [6.45, 7) is 21.7. The molecule has 4 aliphatic carbocycles. The smallest absolute Gasteiger partial charge is 0.338 e. The molecular weight excluding hydrogens is 1090 g/mol. The molecule has 24 atom stereocenters. The Morgan fingerprint density at radius 1 is 0.651 bits per heavy atom. The van der Waals surface area contributed by atoms with Crippen LogP contribution >= 0.6 is 0 Å². The van der Waals surface area contributed by atoms with Crippen molar-refractivity contribution >= 4 is 29.5 Å². The fraction of sp³-hybridized carbons (Fsp3) is 0.676. The Morgan fingerprint density at radius 3 is 1.90 bits per heavy atom. The average Bonchev–Trinajstić information content (AvgIpc) is 1.44. The van der Waals surface area contributed by atoms with Gasteiger partial charge in [0.25, 0.3) is 0 Å². The summed E-state index contributed by atoms with van der Waals surface area (Å²) in [4.78, 5) is 68.8. The van der Waals surface area contributed by atoms with Crippen LogP contribution in [0.15, 0.2) is 91.0 Å². The molecule has 86 heavy (non-hydrogen) atoms. The van der Waals surface area contributed by atoms with E-state index < -0.39 is 79.1 Å². The van der Waals surface area contributed by atoms with Crippen molar-refractivity contribution in [1.29, 1.82) is 0 Å². The first-order chi connectivity index (χ1) is 41.2. The summed E-state index contributed by atoms with van der Waals surface area (Å²) in [6, 6.07) is 26.1. The van der Waals surface area contributed by atoms with Crippen LogP contribution in [0.25, 0.3) is 0 Å². The normalized spacial score (nSPS) is 39.4. The fourth-order valence-corrected chi connectivity index (χ4v) is 16.9. The first-order valence-corrected chi connectivity index (χ1v) is 32.5. The molecule has 3 aromatic rings. The highest BCUT2D eigenvalue weighted by molar-refractivity contribution is 5.92. The minimum absolute atomic E-state index is 0.0402. The molecule has 10 rings (SSSR count). The van der Waals surface area contributed by atoms with Crippen molar-refractivity contribution in [3.63, 3.8) is 0 Å². The second kappa shape index (κ2) is 27.5. The number of rotatable bonds is 20. The molecule has 3 heterocycles. The molecule has 15 heteroatoms. The number of hydrogen-bond donors (Lipinski definition) is 1. The average molecular weight is 1190 g/mol. The number of ketones is 2. The summed E-state index contributed by atoms with van der Waals surface area (Å²) >= 11 is 0. The highest BCUT2D eigenvalue weighted by Gasteiger charge is 2.64. The number of carbonyl (C=O) groups excluding carboxylic acids is 5. The van der Waals surface area contributed by atoms with Gasteiger partial charge in [-0.05, 0) is 146 Å². The van der Waals surface area contributed by atoms with E-state index in [9.17, 15) is 29.1 Å². The second-order valence-corrected chi connectivity index (χ2v) is 27.8. The predicted octanol–water partition coefficient (Wildman–Crippen LogP) is 12.3. The van der Waals surface area contributed by atoms with Gasteiger partial charge in [0.2, 0.25) is 0 Å². The van der Waals surface area contributed by atoms with E-state index >= 15 is 0 Å². The van der Waals surface area contributed by atoms with Gasteiger partial charge in [-0.3, -0.25) is 9.59 Å². The first-order valence-electron chi connectivity index (χ1n) is 32.5. The Morgan fingerprint density at radius 2 is 1.26 bits per heavy atom. The molecule has 3 aromatic carbocycles. The number of aliphatic hydroxyl groups excluding tert-OH is 1. The minimum Gasteiger partial charge on any atom is -0.459 e. The molecule has 0 radical (unpaired) electrons. The molecule has 3 aliphatic heterocycles. The van der Waals surface area contributed by atoms with Crippen LogP contribution < -0.4 is 0 Å². The highest BCUT2D eigenvalue weighted by Crippen LogP contribution is 2.68. The summed E-state index contributed by atoms with van der Waals surface area (Å²) in [6.07, 6.45) is 2.04. The number of ether oxygens (including phenoxy) is 9. The zero-order chi connectivity index (χ0) is 61.2. The lowest BCUT2D eigenvalue weighted by Crippen LogP contribution is -2.60. The van der Waals surface area contributed by atoms with Gasteiger partial charge in [0, 0.05) is 42.4 Å². The van der Waals surface area contributed by atoms with Crippen molar-refractivity contribution in [2.45, 2.75) is 201 Å². The molecule has 7 fully saturated rings. The maximum Gasteiger partial charge on any atom is 0.338 e. The van der Waals surface area contributed by atoms with Gasteiger partial charge in [0.15, 0.2) is 25.0 Å². The van der Waals surface area contributed by atoms with E-state index in [-0.39, 0.29) is 84.0 Å². The summed E-state index contributed by atoms with van der Waals surface area (Å²) < 4.78 is 57.8. The SMILES string of the molecule is CCC1O[C@@H](OC2[C@H](OC3CCC4(C)C(CCC5C4CCC4(C)C5CC(=O)C4[C@H](C)C(=O)CC[C@H](C)CO[C@@H]4OC[C@@H](C)[C@H](OC(=O)c5ccccc5)C4OC(=O)c4ccccc4)C3)OC(COC(=O)c3ccccc3)[C@H](O)[C@@H]2C)C(C)[C@@H](C)[C@@H]1C. The van der Waals surface area contributed by atoms with Gasteiger partial charge in [-0.2, -0.15) is 0 Å². The third-order valence-corrected chi connectivity index (χ3v) is 22.6.